The Kier molecular flexibility index (Phi) is 4.71. The number of hydrogen-bond acceptors (Lipinski definition) is 5. The van der Waals surface area contributed by atoms with Crippen LogP contribution in [0.25, 0.3) is 0 Å². The molecule has 0 aliphatic heterocycles. The van der Waals surface area contributed by atoms with Gasteiger partial charge in [0, 0.05) is 18.0 Å². The van der Waals surface area contributed by atoms with Gasteiger partial charge in [0.1, 0.15) is 10.6 Å². The quantitative estimate of drug-likeness (QED) is 0.587. The van der Waals surface area contributed by atoms with Crippen molar-refractivity contribution >= 4 is 17.7 Å². The summed E-state index contributed by atoms with van der Waals surface area (Å²) in [4.78, 5) is 30.3. The smallest absolute Gasteiger partial charge is 0.346 e. The Morgan fingerprint density at radius 1 is 1.53 bits per heavy atom. The largest absolute Gasteiger partial charge is 0.478 e. The number of thioether (sulfide) groups is 1. The van der Waals surface area contributed by atoms with Crippen molar-refractivity contribution in [2.75, 3.05) is 26.4 Å². The van der Waals surface area contributed by atoms with Crippen molar-refractivity contribution in [2.45, 2.75) is 11.9 Å². The first-order chi connectivity index (χ1) is 7.91. The number of hydrogen-bond donors (Lipinski definition) is 2. The van der Waals surface area contributed by atoms with Gasteiger partial charge in [0.25, 0.3) is 0 Å². The summed E-state index contributed by atoms with van der Waals surface area (Å²) in [5.41, 5.74) is -0.0990. The van der Waals surface area contributed by atoms with Crippen molar-refractivity contribution < 1.29 is 9.90 Å². The van der Waals surface area contributed by atoms with Crippen LogP contribution in [-0.4, -0.2) is 52.3 Å². The summed E-state index contributed by atoms with van der Waals surface area (Å²) in [7, 11) is 3.85. The van der Waals surface area contributed by atoms with Crippen LogP contribution in [0.2, 0.25) is 0 Å². The zero-order valence-corrected chi connectivity index (χ0v) is 10.8. The Morgan fingerprint density at radius 2 is 2.18 bits per heavy atom. The molecule has 0 bridgehead atoms. The lowest BCUT2D eigenvalue weighted by molar-refractivity contribution is 0.0690. The van der Waals surface area contributed by atoms with Crippen molar-refractivity contribution in [3.63, 3.8) is 0 Å². The molecule has 2 N–H and O–H groups in total. The van der Waals surface area contributed by atoms with E-state index in [2.05, 4.69) is 9.97 Å². The van der Waals surface area contributed by atoms with Crippen LogP contribution in [0.3, 0.4) is 0 Å². The molecule has 1 rings (SSSR count). The second kappa shape index (κ2) is 5.83. The van der Waals surface area contributed by atoms with Crippen LogP contribution < -0.4 is 5.69 Å². The van der Waals surface area contributed by atoms with Crippen LogP contribution in [0.15, 0.2) is 9.82 Å². The number of nitrogens with one attached hydrogen (secondary N) is 1. The lowest BCUT2D eigenvalue weighted by atomic mass is 10.2. The minimum absolute atomic E-state index is 0.0772. The molecule has 0 unspecified atom stereocenters. The molecule has 1 aromatic heterocycles. The van der Waals surface area contributed by atoms with E-state index in [4.69, 9.17) is 5.11 Å². The third kappa shape index (κ3) is 3.86. The van der Waals surface area contributed by atoms with Gasteiger partial charge in [-0.2, -0.15) is 4.98 Å². The highest BCUT2D eigenvalue weighted by atomic mass is 32.2. The van der Waals surface area contributed by atoms with Crippen molar-refractivity contribution in [1.82, 2.24) is 14.9 Å². The highest BCUT2D eigenvalue weighted by molar-refractivity contribution is 7.99. The summed E-state index contributed by atoms with van der Waals surface area (Å²) < 4.78 is 0. The average molecular weight is 257 g/mol. The van der Waals surface area contributed by atoms with Gasteiger partial charge in [-0.25, -0.2) is 9.59 Å². The molecule has 0 saturated heterocycles. The Hall–Kier alpha value is -1.34. The number of aromatic nitrogens is 2. The SMILES string of the molecule is Cc1[nH]c(=O)nc(SCCN(C)C)c1C(=O)O. The molecule has 1 aromatic rings. The van der Waals surface area contributed by atoms with Crippen LogP contribution in [0.5, 0.6) is 0 Å². The third-order valence-electron chi connectivity index (χ3n) is 2.08. The van der Waals surface area contributed by atoms with Crippen molar-refractivity contribution in [3.05, 3.63) is 21.7 Å². The molecule has 7 heteroatoms. The molecule has 0 saturated carbocycles. The van der Waals surface area contributed by atoms with E-state index in [-0.39, 0.29) is 10.6 Å². The monoisotopic (exact) mass is 257 g/mol. The van der Waals surface area contributed by atoms with E-state index in [0.29, 0.717) is 11.4 Å². The van der Waals surface area contributed by atoms with Crippen LogP contribution in [0.1, 0.15) is 16.1 Å². The molecular formula is C10H15N3O3S. The first-order valence-electron chi connectivity index (χ1n) is 5.03. The molecule has 0 spiro atoms. The number of carboxylic acids is 1. The molecule has 0 fully saturated rings. The minimum atomic E-state index is -1.07. The molecule has 0 aliphatic rings. The minimum Gasteiger partial charge on any atom is -0.478 e. The second-order valence-electron chi connectivity index (χ2n) is 3.80. The van der Waals surface area contributed by atoms with E-state index < -0.39 is 11.7 Å². The number of carbonyl (C=O) groups is 1. The fourth-order valence-corrected chi connectivity index (χ4v) is 2.42. The topological polar surface area (TPSA) is 86.3 Å². The fraction of sp³-hybridized carbons (Fsp3) is 0.500. The molecule has 1 heterocycles. The molecule has 0 amide bonds. The van der Waals surface area contributed by atoms with Gasteiger partial charge < -0.3 is 15.0 Å². The van der Waals surface area contributed by atoms with E-state index in [1.165, 1.54) is 11.8 Å². The van der Waals surface area contributed by atoms with E-state index in [1.54, 1.807) is 6.92 Å². The highest BCUT2D eigenvalue weighted by Crippen LogP contribution is 2.20. The van der Waals surface area contributed by atoms with Crippen LogP contribution in [-0.2, 0) is 0 Å². The van der Waals surface area contributed by atoms with Gasteiger partial charge in [0.2, 0.25) is 0 Å². The van der Waals surface area contributed by atoms with Gasteiger partial charge in [-0.15, -0.1) is 11.8 Å². The number of H-pyrrole nitrogens is 1. The zero-order valence-electron chi connectivity index (χ0n) is 9.98. The number of aromatic carboxylic acids is 1. The number of rotatable bonds is 5. The maximum Gasteiger partial charge on any atom is 0.346 e. The van der Waals surface area contributed by atoms with Crippen LogP contribution in [0.4, 0.5) is 0 Å². The Balaban J connectivity index is 2.96. The zero-order chi connectivity index (χ0) is 13.0. The Labute approximate surface area is 103 Å². The lowest BCUT2D eigenvalue weighted by Crippen LogP contribution is -2.19. The van der Waals surface area contributed by atoms with E-state index in [0.717, 1.165) is 6.54 Å². The molecule has 0 radical (unpaired) electrons. The first-order valence-corrected chi connectivity index (χ1v) is 6.02. The molecule has 0 aliphatic carbocycles. The van der Waals surface area contributed by atoms with Gasteiger partial charge in [-0.05, 0) is 21.0 Å². The molecule has 6 nitrogen and oxygen atoms in total. The van der Waals surface area contributed by atoms with Crippen LogP contribution in [0, 0.1) is 6.92 Å². The van der Waals surface area contributed by atoms with Crippen molar-refractivity contribution in [3.8, 4) is 0 Å². The standard InChI is InChI=1S/C10H15N3O3S/c1-6-7(9(14)15)8(12-10(16)11-6)17-5-4-13(2)3/h4-5H2,1-3H3,(H,14,15)(H,11,12,16). The molecule has 17 heavy (non-hydrogen) atoms. The van der Waals surface area contributed by atoms with Gasteiger partial charge in [0.05, 0.1) is 0 Å². The number of carboxylic acid groups (broad SMARTS) is 1. The van der Waals surface area contributed by atoms with E-state index >= 15 is 0 Å². The number of aryl methyl sites for hydroxylation is 1. The maximum atomic E-state index is 11.2. The Morgan fingerprint density at radius 3 is 2.71 bits per heavy atom. The van der Waals surface area contributed by atoms with Gasteiger partial charge in [0.15, 0.2) is 0 Å². The predicted molar refractivity (Wildman–Crippen MR) is 65.8 cm³/mol. The van der Waals surface area contributed by atoms with E-state index in [9.17, 15) is 9.59 Å². The number of nitrogens with zero attached hydrogens (tertiary/aromatic N) is 2. The first kappa shape index (κ1) is 13.7. The average Bonchev–Trinajstić information content (AvgIpc) is 2.14. The molecule has 0 atom stereocenters. The summed E-state index contributed by atoms with van der Waals surface area (Å²) in [6, 6.07) is 0. The summed E-state index contributed by atoms with van der Waals surface area (Å²) in [5, 5.41) is 9.34. The maximum absolute atomic E-state index is 11.2. The van der Waals surface area contributed by atoms with Crippen molar-refractivity contribution in [1.29, 1.82) is 0 Å². The lowest BCUT2D eigenvalue weighted by Gasteiger charge is -2.10. The van der Waals surface area contributed by atoms with Gasteiger partial charge in [-0.1, -0.05) is 0 Å². The van der Waals surface area contributed by atoms with Crippen LogP contribution >= 0.6 is 11.8 Å². The summed E-state index contributed by atoms with van der Waals surface area (Å²) in [6.07, 6.45) is 0. The molecule has 0 aromatic carbocycles. The van der Waals surface area contributed by atoms with Gasteiger partial charge >= 0.3 is 11.7 Å². The molecular weight excluding hydrogens is 242 g/mol. The predicted octanol–water partition coefficient (Wildman–Crippen LogP) is 0.430. The number of aromatic amines is 1. The van der Waals surface area contributed by atoms with Crippen molar-refractivity contribution in [2.24, 2.45) is 0 Å². The van der Waals surface area contributed by atoms with Gasteiger partial charge in [-0.3, -0.25) is 0 Å². The second-order valence-corrected chi connectivity index (χ2v) is 4.89. The van der Waals surface area contributed by atoms with E-state index in [1.807, 2.05) is 19.0 Å². The fourth-order valence-electron chi connectivity index (χ4n) is 1.24. The highest BCUT2D eigenvalue weighted by Gasteiger charge is 2.16. The summed E-state index contributed by atoms with van der Waals surface area (Å²) in [6.45, 7) is 2.35. The summed E-state index contributed by atoms with van der Waals surface area (Å²) >= 11 is 1.28. The molecule has 94 valence electrons. The summed E-state index contributed by atoms with van der Waals surface area (Å²) in [5.74, 6) is -0.387. The third-order valence-corrected chi connectivity index (χ3v) is 3.03. The Bertz CT molecular complexity index is 470. The normalized spacial score (nSPS) is 10.8.